The van der Waals surface area contributed by atoms with E-state index in [-0.39, 0.29) is 35.1 Å². The predicted octanol–water partition coefficient (Wildman–Crippen LogP) is 7.51. The van der Waals surface area contributed by atoms with Crippen LogP contribution in [0.2, 0.25) is 5.02 Å². The summed E-state index contributed by atoms with van der Waals surface area (Å²) in [4.78, 5) is 39.9. The van der Waals surface area contributed by atoms with Crippen LogP contribution in [0.25, 0.3) is 16.8 Å². The van der Waals surface area contributed by atoms with Gasteiger partial charge in [0, 0.05) is 10.0 Å². The number of nitrogens with one attached hydrogen (secondary N) is 1. The first-order valence-corrected chi connectivity index (χ1v) is 13.6. The van der Waals surface area contributed by atoms with Gasteiger partial charge < -0.3 is 10.1 Å². The van der Waals surface area contributed by atoms with E-state index in [0.29, 0.717) is 22.0 Å². The third-order valence-electron chi connectivity index (χ3n) is 5.79. The lowest BCUT2D eigenvalue weighted by Crippen LogP contribution is -2.27. The monoisotopic (exact) mass is 606 g/mol. The second kappa shape index (κ2) is 11.4. The summed E-state index contributed by atoms with van der Waals surface area (Å²) in [6, 6.07) is 25.9. The molecule has 0 atom stereocenters. The van der Waals surface area contributed by atoms with Crippen molar-refractivity contribution in [3.8, 4) is 5.75 Å². The number of anilines is 1. The average molecular weight is 608 g/mol. The SMILES string of the molecule is O=C(COc1ccc(Br)cc1/C=C1\SC(=O)N(Cc2ccc3ccccc3c2)C1=O)Nc1ccccc1Cl. The first kappa shape index (κ1) is 26.0. The largest absolute Gasteiger partial charge is 0.483 e. The molecule has 3 amide bonds. The molecule has 1 N–H and O–H groups in total. The Labute approximate surface area is 236 Å². The van der Waals surface area contributed by atoms with Gasteiger partial charge in [0.15, 0.2) is 6.61 Å². The molecule has 1 saturated heterocycles. The molecule has 1 fully saturated rings. The van der Waals surface area contributed by atoms with Crippen molar-refractivity contribution in [2.75, 3.05) is 11.9 Å². The van der Waals surface area contributed by atoms with Crippen molar-refractivity contribution in [2.45, 2.75) is 6.54 Å². The second-order valence-electron chi connectivity index (χ2n) is 8.45. The highest BCUT2D eigenvalue weighted by Crippen LogP contribution is 2.36. The third-order valence-corrected chi connectivity index (χ3v) is 7.52. The summed E-state index contributed by atoms with van der Waals surface area (Å²) in [6.07, 6.45) is 1.61. The van der Waals surface area contributed by atoms with Crippen LogP contribution in [0.4, 0.5) is 10.5 Å². The predicted molar refractivity (Wildman–Crippen MR) is 155 cm³/mol. The van der Waals surface area contributed by atoms with Crippen molar-refractivity contribution in [1.82, 2.24) is 4.90 Å². The molecule has 0 saturated carbocycles. The molecular formula is C29H20BrClN2O4S. The Balaban J connectivity index is 1.31. The minimum atomic E-state index is -0.386. The van der Waals surface area contributed by atoms with E-state index in [2.05, 4.69) is 21.2 Å². The van der Waals surface area contributed by atoms with Crippen molar-refractivity contribution in [3.63, 3.8) is 0 Å². The molecule has 9 heteroatoms. The lowest BCUT2D eigenvalue weighted by Gasteiger charge is -2.13. The van der Waals surface area contributed by atoms with Crippen LogP contribution < -0.4 is 10.1 Å². The number of hydrogen-bond donors (Lipinski definition) is 1. The van der Waals surface area contributed by atoms with Crippen LogP contribution in [0.5, 0.6) is 5.75 Å². The van der Waals surface area contributed by atoms with Crippen molar-refractivity contribution in [1.29, 1.82) is 0 Å². The van der Waals surface area contributed by atoms with Gasteiger partial charge in [-0.1, -0.05) is 76.1 Å². The van der Waals surface area contributed by atoms with E-state index in [9.17, 15) is 14.4 Å². The highest BCUT2D eigenvalue weighted by molar-refractivity contribution is 9.10. The summed E-state index contributed by atoms with van der Waals surface area (Å²) < 4.78 is 6.52. The van der Waals surface area contributed by atoms with Crippen LogP contribution in [-0.2, 0) is 16.1 Å². The molecule has 1 aliphatic heterocycles. The molecule has 0 bridgehead atoms. The quantitative estimate of drug-likeness (QED) is 0.220. The summed E-state index contributed by atoms with van der Waals surface area (Å²) in [5.41, 5.74) is 1.91. The number of rotatable bonds is 7. The maximum absolute atomic E-state index is 13.2. The standard InChI is InChI=1S/C29H20BrClN2O4S/c30-22-11-12-25(37-17-27(34)32-24-8-4-3-7-23(24)31)21(14-22)15-26-28(35)33(29(36)38-26)16-18-9-10-19-5-1-2-6-20(19)13-18/h1-15H,16-17H2,(H,32,34)/b26-15-. The summed E-state index contributed by atoms with van der Waals surface area (Å²) in [6.45, 7) is -0.0892. The fourth-order valence-electron chi connectivity index (χ4n) is 3.95. The van der Waals surface area contributed by atoms with Gasteiger partial charge in [0.1, 0.15) is 5.75 Å². The van der Waals surface area contributed by atoms with E-state index in [1.54, 1.807) is 48.5 Å². The molecule has 0 spiro atoms. The Hall–Kier alpha value is -3.59. The maximum atomic E-state index is 13.2. The lowest BCUT2D eigenvalue weighted by atomic mass is 10.1. The number of hydrogen-bond acceptors (Lipinski definition) is 5. The van der Waals surface area contributed by atoms with Crippen molar-refractivity contribution >= 4 is 78.9 Å². The van der Waals surface area contributed by atoms with Gasteiger partial charge in [-0.15, -0.1) is 0 Å². The van der Waals surface area contributed by atoms with Gasteiger partial charge >= 0.3 is 0 Å². The molecule has 5 rings (SSSR count). The number of para-hydroxylation sites is 1. The van der Waals surface area contributed by atoms with Gasteiger partial charge in [-0.05, 0) is 70.6 Å². The fourth-order valence-corrected chi connectivity index (χ4v) is 5.34. The second-order valence-corrected chi connectivity index (χ2v) is 10.8. The average Bonchev–Trinajstić information content (AvgIpc) is 3.16. The van der Waals surface area contributed by atoms with Crippen LogP contribution in [0.1, 0.15) is 11.1 Å². The molecular weight excluding hydrogens is 588 g/mol. The molecule has 38 heavy (non-hydrogen) atoms. The van der Waals surface area contributed by atoms with Gasteiger partial charge in [0.25, 0.3) is 17.1 Å². The summed E-state index contributed by atoms with van der Waals surface area (Å²) in [5.74, 6) is -0.373. The number of thioether (sulfide) groups is 1. The number of benzene rings is 4. The Morgan fingerprint density at radius 2 is 1.74 bits per heavy atom. The zero-order valence-electron chi connectivity index (χ0n) is 19.8. The van der Waals surface area contributed by atoms with Crippen molar-refractivity contribution in [2.24, 2.45) is 0 Å². The van der Waals surface area contributed by atoms with Gasteiger partial charge in [-0.2, -0.15) is 0 Å². The maximum Gasteiger partial charge on any atom is 0.293 e. The van der Waals surface area contributed by atoms with E-state index in [1.807, 2.05) is 42.5 Å². The highest BCUT2D eigenvalue weighted by Gasteiger charge is 2.35. The molecule has 6 nitrogen and oxygen atoms in total. The Bertz CT molecular complexity index is 1610. The van der Waals surface area contributed by atoms with E-state index in [4.69, 9.17) is 16.3 Å². The van der Waals surface area contributed by atoms with E-state index in [1.165, 1.54) is 4.90 Å². The third kappa shape index (κ3) is 5.93. The molecule has 0 aliphatic carbocycles. The van der Waals surface area contributed by atoms with E-state index in [0.717, 1.165) is 32.6 Å². The van der Waals surface area contributed by atoms with Crippen LogP contribution in [0.3, 0.4) is 0 Å². The molecule has 1 aliphatic rings. The fraction of sp³-hybridized carbons (Fsp3) is 0.0690. The number of carbonyl (C=O) groups is 3. The molecule has 0 radical (unpaired) electrons. The highest BCUT2D eigenvalue weighted by atomic mass is 79.9. The minimum Gasteiger partial charge on any atom is -0.483 e. The van der Waals surface area contributed by atoms with Crippen LogP contribution in [-0.4, -0.2) is 28.6 Å². The number of imide groups is 1. The number of nitrogens with zero attached hydrogens (tertiary/aromatic N) is 1. The van der Waals surface area contributed by atoms with Crippen LogP contribution in [0, 0.1) is 0 Å². The smallest absolute Gasteiger partial charge is 0.293 e. The van der Waals surface area contributed by atoms with Gasteiger partial charge in [0.05, 0.1) is 22.2 Å². The lowest BCUT2D eigenvalue weighted by molar-refractivity contribution is -0.123. The topological polar surface area (TPSA) is 75.7 Å². The molecule has 190 valence electrons. The van der Waals surface area contributed by atoms with Gasteiger partial charge in [-0.3, -0.25) is 19.3 Å². The van der Waals surface area contributed by atoms with Gasteiger partial charge in [-0.25, -0.2) is 0 Å². The van der Waals surface area contributed by atoms with Crippen LogP contribution >= 0.6 is 39.3 Å². The Morgan fingerprint density at radius 1 is 0.974 bits per heavy atom. The van der Waals surface area contributed by atoms with Crippen LogP contribution in [0.15, 0.2) is 94.3 Å². The molecule has 0 unspecified atom stereocenters. The minimum absolute atomic E-state index is 0.177. The van der Waals surface area contributed by atoms with E-state index < -0.39 is 0 Å². The summed E-state index contributed by atoms with van der Waals surface area (Å²) in [5, 5.41) is 4.92. The van der Waals surface area contributed by atoms with E-state index >= 15 is 0 Å². The Kier molecular flexibility index (Phi) is 7.83. The first-order valence-electron chi connectivity index (χ1n) is 11.6. The number of fused-ring (bicyclic) bond motifs is 1. The Morgan fingerprint density at radius 3 is 2.55 bits per heavy atom. The van der Waals surface area contributed by atoms with Gasteiger partial charge in [0.2, 0.25) is 0 Å². The number of halogens is 2. The molecule has 0 aromatic heterocycles. The molecule has 4 aromatic carbocycles. The number of ether oxygens (including phenoxy) is 1. The molecule has 1 heterocycles. The zero-order chi connectivity index (χ0) is 26.6. The zero-order valence-corrected chi connectivity index (χ0v) is 23.0. The number of carbonyl (C=O) groups excluding carboxylic acids is 3. The van der Waals surface area contributed by atoms with Crippen molar-refractivity contribution < 1.29 is 19.1 Å². The normalized spacial score (nSPS) is 14.4. The summed E-state index contributed by atoms with van der Waals surface area (Å²) >= 11 is 10.4. The first-order chi connectivity index (χ1) is 18.4. The summed E-state index contributed by atoms with van der Waals surface area (Å²) in [7, 11) is 0. The molecule has 4 aromatic rings. The van der Waals surface area contributed by atoms with Crippen molar-refractivity contribution in [3.05, 3.63) is 110 Å². The number of amides is 3.